The number of aromatic amines is 1. The molecule has 6 nitrogen and oxygen atoms in total. The molecule has 4 rings (SSSR count). The van der Waals surface area contributed by atoms with Gasteiger partial charge in [-0.1, -0.05) is 30.3 Å². The summed E-state index contributed by atoms with van der Waals surface area (Å²) in [7, 11) is 0. The Morgan fingerprint density at radius 2 is 1.79 bits per heavy atom. The molecule has 33 heavy (non-hydrogen) atoms. The summed E-state index contributed by atoms with van der Waals surface area (Å²) >= 11 is 1.39. The van der Waals surface area contributed by atoms with Crippen molar-refractivity contribution in [3.05, 3.63) is 76.0 Å². The fourth-order valence-corrected chi connectivity index (χ4v) is 4.18. The van der Waals surface area contributed by atoms with Crippen molar-refractivity contribution in [2.45, 2.75) is 38.6 Å². The van der Waals surface area contributed by atoms with E-state index in [1.165, 1.54) is 29.5 Å². The van der Waals surface area contributed by atoms with Crippen molar-refractivity contribution < 1.29 is 22.7 Å². The van der Waals surface area contributed by atoms with Gasteiger partial charge in [-0.15, -0.1) is 24.5 Å². The van der Waals surface area contributed by atoms with Crippen molar-refractivity contribution in [1.29, 1.82) is 0 Å². The molecule has 0 unspecified atom stereocenters. The number of nitrogens with one attached hydrogen (secondary N) is 2. The van der Waals surface area contributed by atoms with Gasteiger partial charge >= 0.3 is 6.36 Å². The van der Waals surface area contributed by atoms with Gasteiger partial charge in [0.05, 0.1) is 16.0 Å². The average molecular weight is 475 g/mol. The monoisotopic (exact) mass is 474 g/mol. The number of halogens is 3. The molecule has 2 heterocycles. The van der Waals surface area contributed by atoms with Crippen LogP contribution in [-0.4, -0.2) is 27.2 Å². The van der Waals surface area contributed by atoms with E-state index in [2.05, 4.69) is 25.0 Å². The Hall–Kier alpha value is -3.40. The van der Waals surface area contributed by atoms with Crippen LogP contribution in [0.3, 0.4) is 0 Å². The summed E-state index contributed by atoms with van der Waals surface area (Å²) in [5.41, 5.74) is 2.46. The standard InChI is InChI=1S/C23H21F3N4O2S/c24-23(25,26)32-19-10-4-1-7-15(19)13-27-22(31)18-14-33-21(30-18)12-6-5-11-20-28-16-8-2-3-9-17(16)29-20/h1-4,7-10,14H,5-6,11-13H2,(H,27,31)(H,28,29). The van der Waals surface area contributed by atoms with Gasteiger partial charge in [0.1, 0.15) is 17.3 Å². The fraction of sp³-hybridized carbons (Fsp3) is 0.261. The van der Waals surface area contributed by atoms with Crippen molar-refractivity contribution >= 4 is 28.3 Å². The van der Waals surface area contributed by atoms with E-state index in [4.69, 9.17) is 0 Å². The topological polar surface area (TPSA) is 79.9 Å². The van der Waals surface area contributed by atoms with Gasteiger partial charge in [-0.25, -0.2) is 9.97 Å². The van der Waals surface area contributed by atoms with Gasteiger partial charge in [0.25, 0.3) is 5.91 Å². The molecule has 0 atom stereocenters. The number of nitrogens with zero attached hydrogens (tertiary/aromatic N) is 2. The number of carbonyl (C=O) groups is 1. The molecule has 10 heteroatoms. The lowest BCUT2D eigenvalue weighted by atomic mass is 10.2. The molecular formula is C23H21F3N4O2S. The predicted octanol–water partition coefficient (Wildman–Crippen LogP) is 5.41. The first kappa shape index (κ1) is 22.8. The zero-order valence-corrected chi connectivity index (χ0v) is 18.3. The number of rotatable bonds is 9. The third kappa shape index (κ3) is 6.32. The number of aryl methyl sites for hydroxylation is 2. The summed E-state index contributed by atoms with van der Waals surface area (Å²) in [5, 5.41) is 5.09. The van der Waals surface area contributed by atoms with E-state index in [-0.39, 0.29) is 23.6 Å². The minimum absolute atomic E-state index is 0.102. The van der Waals surface area contributed by atoms with E-state index in [9.17, 15) is 18.0 Å². The van der Waals surface area contributed by atoms with E-state index < -0.39 is 12.3 Å². The van der Waals surface area contributed by atoms with Crippen LogP contribution >= 0.6 is 11.3 Å². The summed E-state index contributed by atoms with van der Waals surface area (Å²) in [4.78, 5) is 24.6. The molecule has 2 aromatic heterocycles. The summed E-state index contributed by atoms with van der Waals surface area (Å²) < 4.78 is 41.6. The van der Waals surface area contributed by atoms with Gasteiger partial charge in [0.2, 0.25) is 0 Å². The van der Waals surface area contributed by atoms with Crippen LogP contribution in [0.1, 0.15) is 39.7 Å². The fourth-order valence-electron chi connectivity index (χ4n) is 3.36. The van der Waals surface area contributed by atoms with E-state index >= 15 is 0 Å². The molecule has 172 valence electrons. The lowest BCUT2D eigenvalue weighted by Crippen LogP contribution is -2.24. The van der Waals surface area contributed by atoms with Gasteiger partial charge in [-0.2, -0.15) is 0 Å². The molecule has 0 saturated carbocycles. The number of para-hydroxylation sites is 3. The second-order valence-electron chi connectivity index (χ2n) is 7.37. The van der Waals surface area contributed by atoms with Gasteiger partial charge in [-0.05, 0) is 37.5 Å². The van der Waals surface area contributed by atoms with Crippen molar-refractivity contribution in [1.82, 2.24) is 20.3 Å². The van der Waals surface area contributed by atoms with Crippen molar-refractivity contribution in [3.63, 3.8) is 0 Å². The molecule has 0 bridgehead atoms. The van der Waals surface area contributed by atoms with Crippen molar-refractivity contribution in [3.8, 4) is 5.75 Å². The highest BCUT2D eigenvalue weighted by Gasteiger charge is 2.32. The maximum atomic E-state index is 12.5. The molecular weight excluding hydrogens is 453 g/mol. The zero-order chi connectivity index (χ0) is 23.3. The first-order valence-electron chi connectivity index (χ1n) is 10.4. The number of thiazole rings is 1. The minimum atomic E-state index is -4.80. The summed E-state index contributed by atoms with van der Waals surface area (Å²) in [5.74, 6) is 0.167. The second kappa shape index (κ2) is 10.0. The second-order valence-corrected chi connectivity index (χ2v) is 8.32. The molecule has 2 N–H and O–H groups in total. The Morgan fingerprint density at radius 1 is 1.03 bits per heavy atom. The number of ether oxygens (including phenoxy) is 1. The molecule has 0 aliphatic rings. The number of hydrogen-bond acceptors (Lipinski definition) is 5. The van der Waals surface area contributed by atoms with Crippen LogP contribution in [0.5, 0.6) is 5.75 Å². The number of benzene rings is 2. The van der Waals surface area contributed by atoms with Gasteiger partial charge in [-0.3, -0.25) is 4.79 Å². The lowest BCUT2D eigenvalue weighted by Gasteiger charge is -2.13. The number of carbonyl (C=O) groups excluding carboxylic acids is 1. The number of fused-ring (bicyclic) bond motifs is 1. The molecule has 1 amide bonds. The molecule has 0 aliphatic carbocycles. The zero-order valence-electron chi connectivity index (χ0n) is 17.5. The smallest absolute Gasteiger partial charge is 0.405 e. The van der Waals surface area contributed by atoms with Crippen LogP contribution in [0.15, 0.2) is 53.9 Å². The number of imidazole rings is 1. The largest absolute Gasteiger partial charge is 0.573 e. The Morgan fingerprint density at radius 3 is 2.61 bits per heavy atom. The van der Waals surface area contributed by atoms with Gasteiger partial charge in [0, 0.05) is 23.9 Å². The highest BCUT2D eigenvalue weighted by atomic mass is 32.1. The van der Waals surface area contributed by atoms with Crippen LogP contribution in [0.4, 0.5) is 13.2 Å². The molecule has 0 aliphatic heterocycles. The summed E-state index contributed by atoms with van der Waals surface area (Å²) in [6.45, 7) is -0.102. The average Bonchev–Trinajstić information content (AvgIpc) is 3.41. The van der Waals surface area contributed by atoms with Crippen LogP contribution in [0.25, 0.3) is 11.0 Å². The molecule has 2 aromatic carbocycles. The highest BCUT2D eigenvalue weighted by molar-refractivity contribution is 7.09. The van der Waals surface area contributed by atoms with Crippen LogP contribution in [-0.2, 0) is 19.4 Å². The third-order valence-electron chi connectivity index (χ3n) is 4.91. The maximum absolute atomic E-state index is 12.5. The highest BCUT2D eigenvalue weighted by Crippen LogP contribution is 2.26. The van der Waals surface area contributed by atoms with Crippen molar-refractivity contribution in [2.24, 2.45) is 0 Å². The number of H-pyrrole nitrogens is 1. The van der Waals surface area contributed by atoms with Crippen LogP contribution in [0, 0.1) is 0 Å². The van der Waals surface area contributed by atoms with E-state index in [1.54, 1.807) is 11.4 Å². The maximum Gasteiger partial charge on any atom is 0.573 e. The molecule has 0 fully saturated rings. The third-order valence-corrected chi connectivity index (χ3v) is 5.82. The summed E-state index contributed by atoms with van der Waals surface area (Å²) in [6, 6.07) is 13.6. The molecule has 4 aromatic rings. The normalized spacial score (nSPS) is 11.6. The first-order valence-corrected chi connectivity index (χ1v) is 11.3. The van der Waals surface area contributed by atoms with E-state index in [1.807, 2.05) is 24.3 Å². The SMILES string of the molecule is O=C(NCc1ccccc1OC(F)(F)F)c1csc(CCCCc2nc3ccccc3[nH]2)n1. The van der Waals surface area contributed by atoms with E-state index in [0.717, 1.165) is 47.5 Å². The first-order chi connectivity index (χ1) is 15.9. The molecule has 0 saturated heterocycles. The van der Waals surface area contributed by atoms with Crippen LogP contribution < -0.4 is 10.1 Å². The van der Waals surface area contributed by atoms with E-state index in [0.29, 0.717) is 0 Å². The Balaban J connectivity index is 1.25. The Labute approximate surface area is 191 Å². The predicted molar refractivity (Wildman–Crippen MR) is 119 cm³/mol. The Kier molecular flexibility index (Phi) is 6.93. The lowest BCUT2D eigenvalue weighted by molar-refractivity contribution is -0.274. The quantitative estimate of drug-likeness (QED) is 0.318. The van der Waals surface area contributed by atoms with Gasteiger partial charge < -0.3 is 15.0 Å². The number of hydrogen-bond donors (Lipinski definition) is 2. The molecule has 0 spiro atoms. The number of alkyl halides is 3. The summed E-state index contributed by atoms with van der Waals surface area (Å²) in [6.07, 6.45) is -1.41. The van der Waals surface area contributed by atoms with Crippen LogP contribution in [0.2, 0.25) is 0 Å². The van der Waals surface area contributed by atoms with Gasteiger partial charge in [0.15, 0.2) is 0 Å². The minimum Gasteiger partial charge on any atom is -0.405 e. The molecule has 0 radical (unpaired) electrons. The number of aromatic nitrogens is 3. The number of amides is 1. The van der Waals surface area contributed by atoms with Crippen molar-refractivity contribution in [2.75, 3.05) is 0 Å². The Bertz CT molecular complexity index is 1200. The number of unbranched alkanes of at least 4 members (excludes halogenated alkanes) is 1.